The van der Waals surface area contributed by atoms with Gasteiger partial charge in [0.05, 0.1) is 45.7 Å². The van der Waals surface area contributed by atoms with Crippen molar-refractivity contribution in [3.05, 3.63) is 0 Å². The quantitative estimate of drug-likeness (QED) is 0.0427. The van der Waals surface area contributed by atoms with E-state index in [1.54, 1.807) is 0 Å². The van der Waals surface area contributed by atoms with Gasteiger partial charge in [-0.25, -0.2) is 4.79 Å². The first-order valence-corrected chi connectivity index (χ1v) is 30.2. The molecule has 39 atom stereocenters. The Bertz CT molecular complexity index is 2430. The van der Waals surface area contributed by atoms with Crippen molar-refractivity contribution >= 4 is 17.8 Å². The molecule has 22 N–H and O–H groups in total. The summed E-state index contributed by atoms with van der Waals surface area (Å²) in [6.07, 6.45) is -73.3. The molecule has 8 aliphatic rings. The summed E-state index contributed by atoms with van der Waals surface area (Å²) in [5, 5.41) is 224. The van der Waals surface area contributed by atoms with Crippen LogP contribution >= 0.6 is 0 Å². The van der Waals surface area contributed by atoms with Crippen molar-refractivity contribution in [2.24, 2.45) is 0 Å². The Balaban J connectivity index is 1.11. The van der Waals surface area contributed by atoms with E-state index in [1.165, 1.54) is 6.92 Å². The number of carboxylic acids is 1. The number of ether oxygens (including phenoxy) is 17. The zero-order valence-corrected chi connectivity index (χ0v) is 51.4. The maximum absolute atomic E-state index is 13.1. The summed E-state index contributed by atoms with van der Waals surface area (Å²) in [5.74, 6) is -3.37. The summed E-state index contributed by atoms with van der Waals surface area (Å²) < 4.78 is 99.7. The van der Waals surface area contributed by atoms with E-state index in [0.29, 0.717) is 0 Å². The van der Waals surface area contributed by atoms with Crippen molar-refractivity contribution in [1.29, 1.82) is 0 Å². The molecule has 0 aromatic carbocycles. The number of hydrogen-bond donors (Lipinski definition) is 22. The van der Waals surface area contributed by atoms with Gasteiger partial charge in [0.1, 0.15) is 177 Å². The van der Waals surface area contributed by atoms with E-state index < -0.39 is 297 Å². The molecule has 0 aliphatic carbocycles. The second-order valence-electron chi connectivity index (χ2n) is 23.8. The van der Waals surface area contributed by atoms with Gasteiger partial charge in [-0.15, -0.1) is 0 Å². The van der Waals surface area contributed by atoms with Crippen molar-refractivity contribution in [2.75, 3.05) is 53.9 Å². The maximum atomic E-state index is 13.1. The number of carboxylic acid groups (broad SMARTS) is 1. The topological polar surface area (TPSA) is 637 Å². The molecule has 8 rings (SSSR count). The Labute approximate surface area is 538 Å². The Kier molecular flexibility index (Phi) is 27.5. The number of rotatable bonds is 24. The molecular weight excluding hydrogens is 1300 g/mol. The molecule has 8 aliphatic heterocycles. The normalized spacial score (nSPS) is 50.0. The van der Waals surface area contributed by atoms with Crippen LogP contribution in [0.4, 0.5) is 0 Å². The molecule has 8 heterocycles. The molecule has 42 heteroatoms. The second kappa shape index (κ2) is 33.6. The molecule has 2 amide bonds. The molecule has 42 nitrogen and oxygen atoms in total. The lowest BCUT2D eigenvalue weighted by Gasteiger charge is -2.52. The smallest absolute Gasteiger partial charge is 0.335 e. The number of carbonyl (C=O) groups excluding carboxylic acids is 2. The maximum Gasteiger partial charge on any atom is 0.335 e. The van der Waals surface area contributed by atoms with E-state index in [1.807, 2.05) is 0 Å². The Morgan fingerprint density at radius 3 is 1.36 bits per heavy atom. The number of carbonyl (C=O) groups is 3. The summed E-state index contributed by atoms with van der Waals surface area (Å²) in [6, 6.07) is -3.46. The zero-order chi connectivity index (χ0) is 69.9. The van der Waals surface area contributed by atoms with Gasteiger partial charge in [-0.2, -0.15) is 0 Å². The van der Waals surface area contributed by atoms with Crippen LogP contribution in [0.5, 0.6) is 0 Å². The van der Waals surface area contributed by atoms with Crippen LogP contribution in [0.25, 0.3) is 0 Å². The highest BCUT2D eigenvalue weighted by molar-refractivity contribution is 5.74. The number of aliphatic carboxylic acids is 1. The number of aliphatic hydroxyl groups excluding tert-OH is 19. The van der Waals surface area contributed by atoms with Crippen LogP contribution in [0.3, 0.4) is 0 Å². The largest absolute Gasteiger partial charge is 0.479 e. The number of amides is 2. The summed E-state index contributed by atoms with van der Waals surface area (Å²) >= 11 is 0. The van der Waals surface area contributed by atoms with Crippen molar-refractivity contribution in [3.63, 3.8) is 0 Å². The van der Waals surface area contributed by atoms with Crippen LogP contribution in [-0.2, 0) is 94.9 Å². The highest BCUT2D eigenvalue weighted by Gasteiger charge is 2.61. The fourth-order valence-corrected chi connectivity index (χ4v) is 12.4. The van der Waals surface area contributed by atoms with E-state index in [9.17, 15) is 117 Å². The molecule has 0 spiro atoms. The fourth-order valence-electron chi connectivity index (χ4n) is 12.4. The average Bonchev–Trinajstić information content (AvgIpc) is 0.771. The molecule has 8 saturated heterocycles. The van der Waals surface area contributed by atoms with Crippen LogP contribution in [-0.4, -0.2) is 413 Å². The van der Waals surface area contributed by atoms with Crippen LogP contribution in [0.2, 0.25) is 0 Å². The van der Waals surface area contributed by atoms with Gasteiger partial charge < -0.3 is 193 Å². The Morgan fingerprint density at radius 1 is 0.368 bits per heavy atom. The molecule has 1 unspecified atom stereocenters. The number of methoxy groups -OCH3 is 2. The molecule has 95 heavy (non-hydrogen) atoms. The average molecular weight is 1390 g/mol. The van der Waals surface area contributed by atoms with Gasteiger partial charge in [-0.1, -0.05) is 0 Å². The van der Waals surface area contributed by atoms with Crippen LogP contribution < -0.4 is 10.6 Å². The Morgan fingerprint density at radius 2 is 0.779 bits per heavy atom. The summed E-state index contributed by atoms with van der Waals surface area (Å²) in [5.41, 5.74) is 0. The van der Waals surface area contributed by atoms with E-state index in [0.717, 1.165) is 28.1 Å². The van der Waals surface area contributed by atoms with Gasteiger partial charge in [0.2, 0.25) is 11.8 Å². The van der Waals surface area contributed by atoms with Gasteiger partial charge >= 0.3 is 5.97 Å². The molecule has 0 bridgehead atoms. The van der Waals surface area contributed by atoms with E-state index in [-0.39, 0.29) is 0 Å². The molecule has 0 aromatic heterocycles. The van der Waals surface area contributed by atoms with Gasteiger partial charge in [0.15, 0.2) is 56.4 Å². The van der Waals surface area contributed by atoms with Gasteiger partial charge in [-0.05, 0) is 6.92 Å². The molecule has 0 saturated carbocycles. The number of aliphatic hydroxyl groups is 19. The van der Waals surface area contributed by atoms with E-state index >= 15 is 0 Å². The van der Waals surface area contributed by atoms with Crippen molar-refractivity contribution < 1.29 is 197 Å². The SMILES string of the molecule is CO[C@H]1[C@@H](O)[C@@H](CO)O[C@H](O[C@H]2[C@H](O)[C@H](O[C@H]3[C@H](O)[C@@H](NC(C)=O)[C@H](O[C@@H]4[C@@H](O[C@H]5[C@H](O)[C@@H](CO)O[C@@H](O[C@H]6[C@H](O)[C@@H](O)C(O)O[C@@H]6CO)[C@H]5O[C@@H]5OC[C@@H](O)[C@H](O)[C@H]5O)O[C@H](CO)[C@@H](O)[C@@H]4O)O[C@@H]3CO)O[C@@H](C)[C@H]2O[C@@H]2O[C@H](C(=O)O)[C@@H](OC)[C@H](O)[C@H]2O)[C@@H]1NC(C)=O. The lowest BCUT2D eigenvalue weighted by atomic mass is 9.94. The first kappa shape index (κ1) is 77.7. The third kappa shape index (κ3) is 16.6. The predicted octanol–water partition coefficient (Wildman–Crippen LogP) is -15.1. The van der Waals surface area contributed by atoms with E-state index in [4.69, 9.17) is 80.5 Å². The van der Waals surface area contributed by atoms with Crippen molar-refractivity contribution in [2.45, 2.75) is 260 Å². The molecule has 550 valence electrons. The van der Waals surface area contributed by atoms with Crippen molar-refractivity contribution in [1.82, 2.24) is 10.6 Å². The fraction of sp³-hybridized carbons (Fsp3) is 0.943. The van der Waals surface area contributed by atoms with Gasteiger partial charge in [0, 0.05) is 28.1 Å². The van der Waals surface area contributed by atoms with E-state index in [2.05, 4.69) is 10.6 Å². The first-order chi connectivity index (χ1) is 45.0. The standard InChI is InChI=1S/C53H88N2O40/c1-12-35(88-50-33(74)30(71)39(80-5)43(94-50)45(76)77)41(91-48-22(55-14(3)62)38(79-4)25(66)17(7-57)84-48)34(75)51(82-12)89-36-20(10-60)87-47(21(27(36)68)54-13(2)61)93-42-28(69)24(65)16(6-56)85-52(42)92-40-26(67)18(8-58)86-53(44(40)95-49-32(73)23(64)15(63)11-81-49)90-37-19(9-59)83-46(78)31(72)29(37)70/h12,15-44,46-53,56-60,63-75,78H,6-11H2,1-5H3,(H,54,61)(H,55,62)(H,76,77)/t12-,15+,16+,17+,18+,19+,20+,21+,22+,23-,24+,25-,26+,27+,28-,29+,30+,31+,32+,33+,34-,35+,36+,37+,38+,39-,40-,41-,42-,43-,44-,46?,47-,48+,49-,50+,51-,52+,53-/m0/s1. The minimum atomic E-state index is -2.32. The molecular formula is C53H88N2O40. The Hall–Kier alpha value is -3.03. The third-order valence-corrected chi connectivity index (χ3v) is 17.5. The highest BCUT2D eigenvalue weighted by Crippen LogP contribution is 2.40. The molecule has 8 fully saturated rings. The molecule has 0 radical (unpaired) electrons. The minimum Gasteiger partial charge on any atom is -0.479 e. The lowest BCUT2D eigenvalue weighted by molar-refractivity contribution is -0.410. The summed E-state index contributed by atoms with van der Waals surface area (Å²) in [7, 11) is 2.17. The first-order valence-electron chi connectivity index (χ1n) is 30.2. The van der Waals surface area contributed by atoms with Gasteiger partial charge in [0.25, 0.3) is 0 Å². The van der Waals surface area contributed by atoms with Crippen LogP contribution in [0.15, 0.2) is 0 Å². The highest BCUT2D eigenvalue weighted by atomic mass is 16.8. The number of hydrogen-bond acceptors (Lipinski definition) is 39. The monoisotopic (exact) mass is 1390 g/mol. The van der Waals surface area contributed by atoms with Gasteiger partial charge in [-0.3, -0.25) is 9.59 Å². The number of nitrogens with one attached hydrogen (secondary N) is 2. The second-order valence-corrected chi connectivity index (χ2v) is 23.8. The predicted molar refractivity (Wildman–Crippen MR) is 290 cm³/mol. The third-order valence-electron chi connectivity index (χ3n) is 17.5. The lowest BCUT2D eigenvalue weighted by Crippen LogP contribution is -2.71. The van der Waals surface area contributed by atoms with Crippen LogP contribution in [0, 0.1) is 0 Å². The van der Waals surface area contributed by atoms with Crippen LogP contribution in [0.1, 0.15) is 20.8 Å². The summed E-state index contributed by atoms with van der Waals surface area (Å²) in [4.78, 5) is 38.1. The van der Waals surface area contributed by atoms with Crippen molar-refractivity contribution in [3.8, 4) is 0 Å². The molecule has 0 aromatic rings. The summed E-state index contributed by atoms with van der Waals surface area (Å²) in [6.45, 7) is -2.70. The zero-order valence-electron chi connectivity index (χ0n) is 51.4. The minimum absolute atomic E-state index is 0.708.